The molecule has 5 nitrogen and oxygen atoms in total. The fraction of sp³-hybridized carbons (Fsp3) is 0.417. The molecule has 1 rings (SSSR count). The fourth-order valence-corrected chi connectivity index (χ4v) is 1.71. The topological polar surface area (TPSA) is 86.8 Å². The summed E-state index contributed by atoms with van der Waals surface area (Å²) in [5, 5.41) is 18.6. The molecule has 0 bridgehead atoms. The lowest BCUT2D eigenvalue weighted by molar-refractivity contribution is -0.138. The molecule has 1 atom stereocenters. The lowest BCUT2D eigenvalue weighted by Crippen LogP contribution is -2.23. The van der Waals surface area contributed by atoms with E-state index in [2.05, 4.69) is 4.90 Å². The number of benzene rings is 1. The van der Waals surface area contributed by atoms with Gasteiger partial charge in [0.1, 0.15) is 11.8 Å². The van der Waals surface area contributed by atoms with Crippen molar-refractivity contribution in [3.63, 3.8) is 0 Å². The number of phenols is 1. The molecule has 0 saturated carbocycles. The van der Waals surface area contributed by atoms with Crippen LogP contribution in [0.15, 0.2) is 18.2 Å². The van der Waals surface area contributed by atoms with E-state index in [1.165, 1.54) is 0 Å². The summed E-state index contributed by atoms with van der Waals surface area (Å²) in [6, 6.07) is 3.68. The molecule has 4 N–H and O–H groups in total. The van der Waals surface area contributed by atoms with Crippen molar-refractivity contribution in [2.24, 2.45) is 5.73 Å². The van der Waals surface area contributed by atoms with Crippen LogP contribution in [-0.4, -0.2) is 29.3 Å². The Kier molecular flexibility index (Phi) is 4.34. The van der Waals surface area contributed by atoms with Gasteiger partial charge in [-0.2, -0.15) is 0 Å². The van der Waals surface area contributed by atoms with Crippen LogP contribution >= 0.6 is 0 Å². The second kappa shape index (κ2) is 5.54. The first-order chi connectivity index (χ1) is 8.01. The van der Waals surface area contributed by atoms with Crippen molar-refractivity contribution in [3.8, 4) is 5.75 Å². The van der Waals surface area contributed by atoms with E-state index in [1.54, 1.807) is 18.2 Å². The average molecular weight is 238 g/mol. The van der Waals surface area contributed by atoms with E-state index in [0.717, 1.165) is 18.8 Å². The van der Waals surface area contributed by atoms with E-state index in [-0.39, 0.29) is 11.3 Å². The van der Waals surface area contributed by atoms with Gasteiger partial charge in [-0.05, 0) is 19.9 Å². The smallest absolute Gasteiger partial charge is 0.325 e. The first-order valence-electron chi connectivity index (χ1n) is 5.57. The summed E-state index contributed by atoms with van der Waals surface area (Å²) in [6.45, 7) is 5.66. The monoisotopic (exact) mass is 238 g/mol. The highest BCUT2D eigenvalue weighted by Crippen LogP contribution is 2.28. The molecule has 1 aromatic rings. The number of aromatic hydroxyl groups is 1. The lowest BCUT2D eigenvalue weighted by Gasteiger charge is -2.22. The Bertz CT molecular complexity index is 403. The molecule has 0 fully saturated rings. The van der Waals surface area contributed by atoms with Crippen molar-refractivity contribution in [1.29, 1.82) is 0 Å². The first kappa shape index (κ1) is 13.3. The molecule has 94 valence electrons. The maximum Gasteiger partial charge on any atom is 0.325 e. The van der Waals surface area contributed by atoms with E-state index in [9.17, 15) is 9.90 Å². The zero-order valence-corrected chi connectivity index (χ0v) is 10.1. The van der Waals surface area contributed by atoms with Gasteiger partial charge >= 0.3 is 5.97 Å². The van der Waals surface area contributed by atoms with Crippen LogP contribution in [-0.2, 0) is 4.79 Å². The molecule has 5 heteroatoms. The van der Waals surface area contributed by atoms with Crippen molar-refractivity contribution in [3.05, 3.63) is 23.8 Å². The molecule has 0 aliphatic heterocycles. The van der Waals surface area contributed by atoms with Gasteiger partial charge < -0.3 is 20.8 Å². The van der Waals surface area contributed by atoms with Gasteiger partial charge in [0.25, 0.3) is 0 Å². The van der Waals surface area contributed by atoms with Crippen LogP contribution < -0.4 is 10.6 Å². The average Bonchev–Trinajstić information content (AvgIpc) is 2.30. The van der Waals surface area contributed by atoms with Crippen molar-refractivity contribution in [2.45, 2.75) is 19.9 Å². The molecule has 0 aliphatic rings. The van der Waals surface area contributed by atoms with E-state index < -0.39 is 12.0 Å². The van der Waals surface area contributed by atoms with Crippen molar-refractivity contribution < 1.29 is 15.0 Å². The largest absolute Gasteiger partial charge is 0.508 e. The standard InChI is InChI=1S/C12H18N2O3/c1-3-14(4-2)8-5-6-9(10(15)7-8)11(13)12(16)17/h5-7,11,15H,3-4,13H2,1-2H3,(H,16,17)/t11-/m0/s1. The van der Waals surface area contributed by atoms with E-state index >= 15 is 0 Å². The molecule has 1 aromatic carbocycles. The molecular formula is C12H18N2O3. The highest BCUT2D eigenvalue weighted by molar-refractivity contribution is 5.76. The predicted molar refractivity (Wildman–Crippen MR) is 66.2 cm³/mol. The highest BCUT2D eigenvalue weighted by atomic mass is 16.4. The molecule has 0 heterocycles. The Morgan fingerprint density at radius 2 is 2.00 bits per heavy atom. The Morgan fingerprint density at radius 1 is 1.41 bits per heavy atom. The van der Waals surface area contributed by atoms with E-state index in [1.807, 2.05) is 13.8 Å². The molecule has 0 saturated heterocycles. The molecule has 17 heavy (non-hydrogen) atoms. The Labute approximate surface area is 100 Å². The number of hydrogen-bond donors (Lipinski definition) is 3. The molecule has 0 radical (unpaired) electrons. The van der Waals surface area contributed by atoms with Crippen LogP contribution in [0.5, 0.6) is 5.75 Å². The summed E-state index contributed by atoms with van der Waals surface area (Å²) in [6.07, 6.45) is 0. The molecule has 0 spiro atoms. The number of carboxylic acid groups (broad SMARTS) is 1. The Morgan fingerprint density at radius 3 is 2.41 bits per heavy atom. The molecule has 0 amide bonds. The highest BCUT2D eigenvalue weighted by Gasteiger charge is 2.18. The summed E-state index contributed by atoms with van der Waals surface area (Å²) < 4.78 is 0. The lowest BCUT2D eigenvalue weighted by atomic mass is 10.1. The third-order valence-electron chi connectivity index (χ3n) is 2.74. The van der Waals surface area contributed by atoms with Crippen molar-refractivity contribution in [2.75, 3.05) is 18.0 Å². The van der Waals surface area contributed by atoms with Crippen LogP contribution in [0.1, 0.15) is 25.5 Å². The molecular weight excluding hydrogens is 220 g/mol. The van der Waals surface area contributed by atoms with Gasteiger partial charge in [-0.25, -0.2) is 0 Å². The summed E-state index contributed by atoms with van der Waals surface area (Å²) in [7, 11) is 0. The number of carboxylic acids is 1. The first-order valence-corrected chi connectivity index (χ1v) is 5.57. The number of nitrogens with zero attached hydrogens (tertiary/aromatic N) is 1. The Balaban J connectivity index is 3.05. The van der Waals surface area contributed by atoms with Crippen molar-refractivity contribution in [1.82, 2.24) is 0 Å². The minimum absolute atomic E-state index is 0.0794. The van der Waals surface area contributed by atoms with Gasteiger partial charge in [0.2, 0.25) is 0 Å². The maximum atomic E-state index is 10.7. The minimum Gasteiger partial charge on any atom is -0.508 e. The zero-order valence-electron chi connectivity index (χ0n) is 10.1. The predicted octanol–water partition coefficient (Wildman–Crippen LogP) is 1.32. The third kappa shape index (κ3) is 2.88. The van der Waals surface area contributed by atoms with E-state index in [4.69, 9.17) is 10.8 Å². The van der Waals surface area contributed by atoms with Crippen LogP contribution in [0.3, 0.4) is 0 Å². The minimum atomic E-state index is -1.19. The van der Waals surface area contributed by atoms with Crippen LogP contribution in [0.2, 0.25) is 0 Å². The number of hydrogen-bond acceptors (Lipinski definition) is 4. The Hall–Kier alpha value is -1.75. The number of anilines is 1. The number of carbonyl (C=O) groups is 1. The molecule has 0 aromatic heterocycles. The quantitative estimate of drug-likeness (QED) is 0.720. The SMILES string of the molecule is CCN(CC)c1ccc([C@H](N)C(=O)O)c(O)c1. The van der Waals surface area contributed by atoms with Crippen LogP contribution in [0.4, 0.5) is 5.69 Å². The summed E-state index contributed by atoms with van der Waals surface area (Å²) >= 11 is 0. The molecule has 0 unspecified atom stereocenters. The molecule has 0 aliphatic carbocycles. The second-order valence-electron chi connectivity index (χ2n) is 3.73. The van der Waals surface area contributed by atoms with Gasteiger partial charge in [0, 0.05) is 30.4 Å². The number of nitrogens with two attached hydrogens (primary N) is 1. The summed E-state index contributed by atoms with van der Waals surface area (Å²) in [4.78, 5) is 12.8. The summed E-state index contributed by atoms with van der Waals surface area (Å²) in [5.74, 6) is -1.24. The van der Waals surface area contributed by atoms with Gasteiger partial charge in [-0.15, -0.1) is 0 Å². The number of phenolic OH excluding ortho intramolecular Hbond substituents is 1. The van der Waals surface area contributed by atoms with Crippen LogP contribution in [0.25, 0.3) is 0 Å². The van der Waals surface area contributed by atoms with Gasteiger partial charge in [0.15, 0.2) is 0 Å². The van der Waals surface area contributed by atoms with Gasteiger partial charge in [-0.1, -0.05) is 6.07 Å². The second-order valence-corrected chi connectivity index (χ2v) is 3.73. The summed E-state index contributed by atoms with van der Waals surface area (Å²) in [5.41, 5.74) is 6.54. The third-order valence-corrected chi connectivity index (χ3v) is 2.74. The van der Waals surface area contributed by atoms with Crippen LogP contribution in [0, 0.1) is 0 Å². The fourth-order valence-electron chi connectivity index (χ4n) is 1.71. The number of rotatable bonds is 5. The number of aliphatic carboxylic acids is 1. The van der Waals surface area contributed by atoms with Gasteiger partial charge in [0.05, 0.1) is 0 Å². The zero-order chi connectivity index (χ0) is 13.0. The van der Waals surface area contributed by atoms with Gasteiger partial charge in [-0.3, -0.25) is 4.79 Å². The normalized spacial score (nSPS) is 12.2. The maximum absolute atomic E-state index is 10.7. The van der Waals surface area contributed by atoms with Crippen molar-refractivity contribution >= 4 is 11.7 Å². The van der Waals surface area contributed by atoms with E-state index in [0.29, 0.717) is 0 Å².